The molecule has 3 nitrogen and oxygen atoms in total. The van der Waals surface area contributed by atoms with E-state index in [1.807, 2.05) is 12.1 Å². The maximum atomic E-state index is 8.46. The molecule has 0 spiro atoms. The van der Waals surface area contributed by atoms with Crippen LogP contribution in [0.15, 0.2) is 60.7 Å². The molecule has 0 bridgehead atoms. The minimum Gasteiger partial charge on any atom is -0.348 e. The quantitative estimate of drug-likeness (QED) is 0.800. The van der Waals surface area contributed by atoms with Crippen molar-refractivity contribution in [1.29, 1.82) is 0 Å². The van der Waals surface area contributed by atoms with Crippen molar-refractivity contribution in [2.24, 2.45) is 0 Å². The molecule has 2 aromatic rings. The van der Waals surface area contributed by atoms with Gasteiger partial charge >= 0.3 is 8.69 Å². The van der Waals surface area contributed by atoms with Crippen molar-refractivity contribution < 1.29 is 15.2 Å². The molecule has 0 aliphatic rings. The van der Waals surface area contributed by atoms with Crippen LogP contribution in [-0.4, -0.2) is 4.89 Å². The molecular formula is C13H15NO2P+. The van der Waals surface area contributed by atoms with E-state index in [1.165, 1.54) is 11.1 Å². The minimum atomic E-state index is -0.833. The first-order valence-corrected chi connectivity index (χ1v) is 5.95. The SMILES string of the molecule is O=PO.[NH3+]C(c1ccccc1)c1ccccc1. The van der Waals surface area contributed by atoms with Crippen LogP contribution in [0.25, 0.3) is 0 Å². The Bertz CT molecular complexity index is 394. The van der Waals surface area contributed by atoms with Crippen LogP contribution in [0.1, 0.15) is 17.2 Å². The monoisotopic (exact) mass is 248 g/mol. The molecule has 17 heavy (non-hydrogen) atoms. The lowest BCUT2D eigenvalue weighted by Gasteiger charge is -2.08. The van der Waals surface area contributed by atoms with Crippen LogP contribution in [0, 0.1) is 0 Å². The molecule has 0 fully saturated rings. The van der Waals surface area contributed by atoms with Crippen LogP contribution in [-0.2, 0) is 4.57 Å². The summed E-state index contributed by atoms with van der Waals surface area (Å²) in [7, 11) is -0.833. The van der Waals surface area contributed by atoms with Crippen molar-refractivity contribution in [3.05, 3.63) is 71.8 Å². The van der Waals surface area contributed by atoms with E-state index in [1.54, 1.807) is 0 Å². The van der Waals surface area contributed by atoms with Gasteiger partial charge < -0.3 is 10.6 Å². The van der Waals surface area contributed by atoms with Gasteiger partial charge in [-0.3, -0.25) is 0 Å². The van der Waals surface area contributed by atoms with Gasteiger partial charge in [0.1, 0.15) is 6.04 Å². The smallest absolute Gasteiger partial charge is 0.324 e. The van der Waals surface area contributed by atoms with Crippen LogP contribution in [0.4, 0.5) is 0 Å². The van der Waals surface area contributed by atoms with Crippen molar-refractivity contribution in [3.63, 3.8) is 0 Å². The van der Waals surface area contributed by atoms with Crippen molar-refractivity contribution in [2.45, 2.75) is 6.04 Å². The number of quaternary nitrogens is 1. The van der Waals surface area contributed by atoms with Crippen LogP contribution in [0.5, 0.6) is 0 Å². The fourth-order valence-electron chi connectivity index (χ4n) is 1.56. The molecule has 0 amide bonds. The van der Waals surface area contributed by atoms with Crippen LogP contribution in [0.3, 0.4) is 0 Å². The summed E-state index contributed by atoms with van der Waals surface area (Å²) >= 11 is 0. The Morgan fingerprint density at radius 1 is 0.882 bits per heavy atom. The van der Waals surface area contributed by atoms with Crippen LogP contribution >= 0.6 is 8.69 Å². The number of benzene rings is 2. The van der Waals surface area contributed by atoms with Gasteiger partial charge in [0.05, 0.1) is 0 Å². The van der Waals surface area contributed by atoms with Crippen molar-refractivity contribution in [2.75, 3.05) is 0 Å². The van der Waals surface area contributed by atoms with E-state index in [9.17, 15) is 0 Å². The first-order chi connectivity index (χ1) is 8.29. The normalized spacial score (nSPS) is 9.82. The van der Waals surface area contributed by atoms with Gasteiger partial charge in [0, 0.05) is 11.1 Å². The zero-order chi connectivity index (χ0) is 12.5. The Morgan fingerprint density at radius 3 is 1.47 bits per heavy atom. The average Bonchev–Trinajstić information content (AvgIpc) is 2.41. The van der Waals surface area contributed by atoms with E-state index in [4.69, 9.17) is 9.46 Å². The number of hydrogen-bond donors (Lipinski definition) is 2. The molecule has 0 heterocycles. The van der Waals surface area contributed by atoms with E-state index in [0.717, 1.165) is 0 Å². The number of rotatable bonds is 2. The summed E-state index contributed by atoms with van der Waals surface area (Å²) in [5, 5.41) is 0. The summed E-state index contributed by atoms with van der Waals surface area (Å²) in [4.78, 5) is 6.99. The lowest BCUT2D eigenvalue weighted by atomic mass is 10.00. The molecule has 2 aromatic carbocycles. The molecule has 88 valence electrons. The Hall–Kier alpha value is -1.54. The Morgan fingerprint density at radius 2 is 1.18 bits per heavy atom. The lowest BCUT2D eigenvalue weighted by molar-refractivity contribution is -0.411. The second kappa shape index (κ2) is 7.69. The van der Waals surface area contributed by atoms with E-state index in [0.29, 0.717) is 0 Å². The van der Waals surface area contributed by atoms with Crippen molar-refractivity contribution in [1.82, 2.24) is 0 Å². The van der Waals surface area contributed by atoms with Gasteiger partial charge in [0.15, 0.2) is 0 Å². The van der Waals surface area contributed by atoms with Crippen LogP contribution in [0.2, 0.25) is 0 Å². The molecule has 0 aliphatic carbocycles. The molecule has 0 saturated heterocycles. The first kappa shape index (κ1) is 13.5. The molecule has 0 aliphatic heterocycles. The van der Waals surface area contributed by atoms with Crippen molar-refractivity contribution in [3.8, 4) is 0 Å². The third kappa shape index (κ3) is 4.45. The van der Waals surface area contributed by atoms with Gasteiger partial charge in [-0.05, 0) is 0 Å². The van der Waals surface area contributed by atoms with Gasteiger partial charge in [0.2, 0.25) is 0 Å². The molecule has 0 unspecified atom stereocenters. The molecule has 0 atom stereocenters. The van der Waals surface area contributed by atoms with E-state index < -0.39 is 8.69 Å². The summed E-state index contributed by atoms with van der Waals surface area (Å²) in [6.45, 7) is 0. The van der Waals surface area contributed by atoms with Gasteiger partial charge in [-0.15, -0.1) is 0 Å². The second-order valence-corrected chi connectivity index (χ2v) is 3.62. The van der Waals surface area contributed by atoms with Gasteiger partial charge in [-0.25, -0.2) is 4.57 Å². The Kier molecular flexibility index (Phi) is 6.12. The maximum Gasteiger partial charge on any atom is 0.324 e. The van der Waals surface area contributed by atoms with Crippen LogP contribution < -0.4 is 5.73 Å². The molecular weight excluding hydrogens is 233 g/mol. The zero-order valence-corrected chi connectivity index (χ0v) is 10.3. The molecule has 0 aromatic heterocycles. The van der Waals surface area contributed by atoms with Gasteiger partial charge in [-0.2, -0.15) is 0 Å². The summed E-state index contributed by atoms with van der Waals surface area (Å²) in [5.74, 6) is 0. The molecule has 4 heteroatoms. The predicted molar refractivity (Wildman–Crippen MR) is 67.4 cm³/mol. The maximum absolute atomic E-state index is 8.46. The fraction of sp³-hybridized carbons (Fsp3) is 0.0769. The first-order valence-electron chi connectivity index (χ1n) is 5.19. The third-order valence-electron chi connectivity index (χ3n) is 2.40. The topological polar surface area (TPSA) is 64.9 Å². The lowest BCUT2D eigenvalue weighted by Crippen LogP contribution is -2.53. The summed E-state index contributed by atoms with van der Waals surface area (Å²) in [6, 6.07) is 21.0. The average molecular weight is 248 g/mol. The van der Waals surface area contributed by atoms with Gasteiger partial charge in [-0.1, -0.05) is 60.7 Å². The summed E-state index contributed by atoms with van der Waals surface area (Å²) in [6.07, 6.45) is 0. The van der Waals surface area contributed by atoms with E-state index in [2.05, 4.69) is 54.3 Å². The highest BCUT2D eigenvalue weighted by atomic mass is 31.1. The predicted octanol–water partition coefficient (Wildman–Crippen LogP) is 2.20. The Balaban J connectivity index is 0.000000437. The van der Waals surface area contributed by atoms with E-state index in [-0.39, 0.29) is 6.04 Å². The summed E-state index contributed by atoms with van der Waals surface area (Å²) in [5.41, 5.74) is 6.70. The largest absolute Gasteiger partial charge is 0.348 e. The minimum absolute atomic E-state index is 0.234. The Labute approximate surface area is 102 Å². The fourth-order valence-corrected chi connectivity index (χ4v) is 1.56. The second-order valence-electron chi connectivity index (χ2n) is 3.46. The highest BCUT2D eigenvalue weighted by Gasteiger charge is 2.10. The highest BCUT2D eigenvalue weighted by Crippen LogP contribution is 2.16. The molecule has 0 saturated carbocycles. The highest BCUT2D eigenvalue weighted by molar-refractivity contribution is 7.16. The summed E-state index contributed by atoms with van der Waals surface area (Å²) < 4.78 is 8.46. The zero-order valence-electron chi connectivity index (χ0n) is 9.36. The molecule has 4 N–H and O–H groups in total. The molecule has 2 rings (SSSR count). The number of hydrogen-bond acceptors (Lipinski definition) is 1. The molecule has 0 radical (unpaired) electrons. The van der Waals surface area contributed by atoms with Gasteiger partial charge in [0.25, 0.3) is 0 Å². The van der Waals surface area contributed by atoms with Crippen molar-refractivity contribution >= 4 is 8.69 Å². The van der Waals surface area contributed by atoms with E-state index >= 15 is 0 Å². The third-order valence-corrected chi connectivity index (χ3v) is 2.40. The standard InChI is InChI=1S/C13H13N.HO2P/c14-13(11-7-3-1-4-8-11)12-9-5-2-6-10-12;1-3-2/h1-10,13H,14H2;(H,1,2)/p+1.